The molecule has 0 saturated heterocycles. The van der Waals surface area contributed by atoms with E-state index in [1.165, 1.54) is 16.2 Å². The van der Waals surface area contributed by atoms with Crippen LogP contribution in [0.3, 0.4) is 0 Å². The summed E-state index contributed by atoms with van der Waals surface area (Å²) in [5.74, 6) is 2.23. The van der Waals surface area contributed by atoms with Crippen molar-refractivity contribution in [1.29, 1.82) is 0 Å². The van der Waals surface area contributed by atoms with Gasteiger partial charge in [-0.3, -0.25) is 0 Å². The topological polar surface area (TPSA) is 0 Å². The summed E-state index contributed by atoms with van der Waals surface area (Å²) in [6, 6.07) is 0. The van der Waals surface area contributed by atoms with Crippen LogP contribution in [0.25, 0.3) is 0 Å². The molecule has 1 atom stereocenters. The third-order valence-electron chi connectivity index (χ3n) is 1.37. The van der Waals surface area contributed by atoms with Crippen molar-refractivity contribution in [1.82, 2.24) is 0 Å². The third kappa shape index (κ3) is 0.966. The van der Waals surface area contributed by atoms with Crippen molar-refractivity contribution in [3.63, 3.8) is 0 Å². The summed E-state index contributed by atoms with van der Waals surface area (Å²) in [6.45, 7) is 4.25. The fourth-order valence-electron chi connectivity index (χ4n) is 0.580. The zero-order chi connectivity index (χ0) is 6.15. The number of rotatable bonds is 0. The van der Waals surface area contributed by atoms with Crippen LogP contribution < -0.4 is 5.04 Å². The molecule has 1 aromatic rings. The predicted molar refractivity (Wildman–Crippen MR) is 42.0 cm³/mol. The second kappa shape index (κ2) is 2.21. The fraction of sp³-hybridized carbons (Fsp3) is 0.333. The Balaban J connectivity index is 3.19. The van der Waals surface area contributed by atoms with Gasteiger partial charge in [-0.2, -0.15) is 0 Å². The van der Waals surface area contributed by atoms with E-state index in [2.05, 4.69) is 28.9 Å². The van der Waals surface area contributed by atoms with E-state index in [1.807, 2.05) is 0 Å². The van der Waals surface area contributed by atoms with Gasteiger partial charge in [0, 0.05) is 5.04 Å². The summed E-state index contributed by atoms with van der Waals surface area (Å²) in [6.07, 6.45) is 0. The van der Waals surface area contributed by atoms with Crippen molar-refractivity contribution in [2.45, 2.75) is 13.8 Å². The van der Waals surface area contributed by atoms with Crippen molar-refractivity contribution >= 4 is 22.5 Å². The normalized spacial score (nSPS) is 10.9. The number of hydrogen-bond acceptors (Lipinski definition) is 0. The zero-order valence-electron chi connectivity index (χ0n) is 5.02. The molecule has 2 heteroatoms. The van der Waals surface area contributed by atoms with Crippen LogP contribution >= 0.6 is 17.4 Å². The van der Waals surface area contributed by atoms with Crippen LogP contribution in [-0.2, 0) is 0 Å². The molecule has 0 aliphatic carbocycles. The van der Waals surface area contributed by atoms with E-state index < -0.39 is 0 Å². The van der Waals surface area contributed by atoms with Gasteiger partial charge in [0.1, 0.15) is 0 Å². The van der Waals surface area contributed by atoms with Gasteiger partial charge >= 0.3 is 0 Å². The van der Waals surface area contributed by atoms with E-state index in [-0.39, 0.29) is 0 Å². The minimum absolute atomic E-state index is 0.825. The standard InChI is InChI=1S/C6H8P2/c1-4-3-8-6(7)5(4)2/h3,8H,1-2H3. The molecule has 1 heterocycles. The molecule has 0 nitrogen and oxygen atoms in total. The number of aryl methyl sites for hydroxylation is 1. The van der Waals surface area contributed by atoms with E-state index in [9.17, 15) is 0 Å². The van der Waals surface area contributed by atoms with E-state index in [0.29, 0.717) is 0 Å². The van der Waals surface area contributed by atoms with Crippen LogP contribution in [0.2, 0.25) is 0 Å². The summed E-state index contributed by atoms with van der Waals surface area (Å²) < 4.78 is 0. The first-order chi connectivity index (χ1) is 3.72. The summed E-state index contributed by atoms with van der Waals surface area (Å²) in [5, 5.41) is 1.25. The summed E-state index contributed by atoms with van der Waals surface area (Å²) >= 11 is 0. The SMILES string of the molecule is Cc1c[pH]c([P])c1C. The minimum Gasteiger partial charge on any atom is -0.130 e. The average Bonchev–Trinajstić information content (AvgIpc) is 1.98. The second-order valence-electron chi connectivity index (χ2n) is 1.95. The van der Waals surface area contributed by atoms with Crippen molar-refractivity contribution in [2.24, 2.45) is 0 Å². The first-order valence-corrected chi connectivity index (χ1v) is 4.08. The van der Waals surface area contributed by atoms with Gasteiger partial charge < -0.3 is 0 Å². The molecule has 0 aliphatic rings. The first-order valence-electron chi connectivity index (χ1n) is 2.55. The molecule has 8 heavy (non-hydrogen) atoms. The van der Waals surface area contributed by atoms with Crippen LogP contribution in [0.4, 0.5) is 0 Å². The average molecular weight is 142 g/mol. The molecular weight excluding hydrogens is 134 g/mol. The molecule has 0 spiro atoms. The largest absolute Gasteiger partial charge is 0.130 e. The van der Waals surface area contributed by atoms with Gasteiger partial charge in [-0.05, 0) is 40.0 Å². The Morgan fingerprint density at radius 1 is 1.50 bits per heavy atom. The molecule has 0 aromatic carbocycles. The maximum Gasteiger partial charge on any atom is 0.00547 e. The quantitative estimate of drug-likeness (QED) is 0.488. The van der Waals surface area contributed by atoms with Crippen molar-refractivity contribution in [2.75, 3.05) is 0 Å². The lowest BCUT2D eigenvalue weighted by atomic mass is 10.2. The maximum atomic E-state index is 4.29. The fourth-order valence-corrected chi connectivity index (χ4v) is 1.93. The van der Waals surface area contributed by atoms with Gasteiger partial charge in [-0.25, -0.2) is 0 Å². The molecular formula is C6H8P2. The van der Waals surface area contributed by atoms with Gasteiger partial charge in [0.2, 0.25) is 0 Å². The van der Waals surface area contributed by atoms with Crippen LogP contribution in [0.5, 0.6) is 0 Å². The van der Waals surface area contributed by atoms with Crippen LogP contribution in [-0.4, -0.2) is 0 Å². The van der Waals surface area contributed by atoms with E-state index in [0.717, 1.165) is 8.19 Å². The van der Waals surface area contributed by atoms with Crippen LogP contribution in [0.1, 0.15) is 11.1 Å². The second-order valence-corrected chi connectivity index (χ2v) is 3.89. The van der Waals surface area contributed by atoms with Crippen LogP contribution in [0, 0.1) is 13.8 Å². The summed E-state index contributed by atoms with van der Waals surface area (Å²) in [5.41, 5.74) is 2.76. The summed E-state index contributed by atoms with van der Waals surface area (Å²) in [7, 11) is 5.11. The highest BCUT2D eigenvalue weighted by Crippen LogP contribution is 2.16. The van der Waals surface area contributed by atoms with Gasteiger partial charge in [-0.1, -0.05) is 0 Å². The Morgan fingerprint density at radius 3 is 2.25 bits per heavy atom. The first kappa shape index (κ1) is 6.33. The molecule has 1 rings (SSSR count). The van der Waals surface area contributed by atoms with E-state index in [1.54, 1.807) is 0 Å². The van der Waals surface area contributed by atoms with E-state index in [4.69, 9.17) is 0 Å². The highest BCUT2D eigenvalue weighted by Gasteiger charge is 1.95. The molecule has 0 bridgehead atoms. The zero-order valence-corrected chi connectivity index (χ0v) is 6.92. The Kier molecular flexibility index (Phi) is 1.75. The van der Waals surface area contributed by atoms with Crippen molar-refractivity contribution in [3.05, 3.63) is 16.9 Å². The lowest BCUT2D eigenvalue weighted by Crippen LogP contribution is -1.84. The Morgan fingerprint density at radius 2 is 2.12 bits per heavy atom. The molecule has 1 aromatic heterocycles. The molecule has 42 valence electrons. The van der Waals surface area contributed by atoms with Gasteiger partial charge in [0.05, 0.1) is 0 Å². The molecule has 2 radical (unpaired) electrons. The maximum absolute atomic E-state index is 4.29. The lowest BCUT2D eigenvalue weighted by Gasteiger charge is -1.86. The third-order valence-corrected chi connectivity index (χ3v) is 3.32. The minimum atomic E-state index is 0.825. The summed E-state index contributed by atoms with van der Waals surface area (Å²) in [4.78, 5) is 0. The predicted octanol–water partition coefficient (Wildman–Crippen LogP) is 2.37. The van der Waals surface area contributed by atoms with Gasteiger partial charge in [0.15, 0.2) is 0 Å². The molecule has 0 N–H and O–H groups in total. The highest BCUT2D eigenvalue weighted by atomic mass is 31.1. The van der Waals surface area contributed by atoms with E-state index >= 15 is 0 Å². The Labute approximate surface area is 54.0 Å². The van der Waals surface area contributed by atoms with Gasteiger partial charge in [0.25, 0.3) is 0 Å². The smallest absolute Gasteiger partial charge is 0.00547 e. The Hall–Kier alpha value is 0.210. The lowest BCUT2D eigenvalue weighted by molar-refractivity contribution is 1.42. The van der Waals surface area contributed by atoms with Crippen LogP contribution in [0.15, 0.2) is 5.80 Å². The molecule has 0 aliphatic heterocycles. The highest BCUT2D eigenvalue weighted by molar-refractivity contribution is 7.51. The van der Waals surface area contributed by atoms with Crippen molar-refractivity contribution < 1.29 is 0 Å². The number of hydrogen-bond donors (Lipinski definition) is 0. The molecule has 0 saturated carbocycles. The Bertz CT molecular complexity index is 169. The monoisotopic (exact) mass is 142 g/mol. The molecule has 0 fully saturated rings. The molecule has 1 unspecified atom stereocenters. The van der Waals surface area contributed by atoms with Gasteiger partial charge in [-0.15, -0.1) is 8.19 Å². The molecule has 0 amide bonds. The van der Waals surface area contributed by atoms with Crippen molar-refractivity contribution in [3.8, 4) is 0 Å².